The third kappa shape index (κ3) is 3.60. The summed E-state index contributed by atoms with van der Waals surface area (Å²) in [6.45, 7) is 2.84. The minimum absolute atomic E-state index is 0.715. The third-order valence-corrected chi connectivity index (χ3v) is 3.18. The molecule has 2 aromatic rings. The van der Waals surface area contributed by atoms with Crippen molar-refractivity contribution in [3.8, 4) is 5.75 Å². The molecule has 0 aromatic heterocycles. The molecule has 0 atom stereocenters. The van der Waals surface area contributed by atoms with Crippen LogP contribution in [0.1, 0.15) is 11.1 Å². The zero-order valence-electron chi connectivity index (χ0n) is 9.82. The Morgan fingerprint density at radius 3 is 2.53 bits per heavy atom. The predicted molar refractivity (Wildman–Crippen MR) is 74.5 cm³/mol. The van der Waals surface area contributed by atoms with E-state index in [0.717, 1.165) is 16.6 Å². The summed E-state index contributed by atoms with van der Waals surface area (Å²) in [6, 6.07) is 16.3. The first kappa shape index (κ1) is 12.2. The van der Waals surface area contributed by atoms with E-state index in [0.29, 0.717) is 6.61 Å². The standard InChI is InChI=1S/C15H15BrO/c1-12-11-14(16)8-7-13(12)9-10-17-15-5-3-2-4-6-15/h2-8,11H,9-10H2,1H3. The Balaban J connectivity index is 1.90. The second-order valence-electron chi connectivity index (χ2n) is 3.98. The number of hydrogen-bond donors (Lipinski definition) is 0. The van der Waals surface area contributed by atoms with E-state index in [4.69, 9.17) is 4.74 Å². The second-order valence-corrected chi connectivity index (χ2v) is 4.90. The first-order valence-corrected chi connectivity index (χ1v) is 6.48. The molecule has 0 saturated heterocycles. The average molecular weight is 291 g/mol. The summed E-state index contributed by atoms with van der Waals surface area (Å²) >= 11 is 3.47. The van der Waals surface area contributed by atoms with Crippen molar-refractivity contribution in [3.63, 3.8) is 0 Å². The first-order valence-electron chi connectivity index (χ1n) is 5.68. The van der Waals surface area contributed by atoms with Crippen LogP contribution in [0, 0.1) is 6.92 Å². The molecule has 2 rings (SSSR count). The highest BCUT2D eigenvalue weighted by molar-refractivity contribution is 9.10. The van der Waals surface area contributed by atoms with Gasteiger partial charge in [-0.2, -0.15) is 0 Å². The fourth-order valence-corrected chi connectivity index (χ4v) is 2.21. The number of rotatable bonds is 4. The summed E-state index contributed by atoms with van der Waals surface area (Å²) in [5.74, 6) is 0.933. The Hall–Kier alpha value is -1.28. The molecule has 88 valence electrons. The zero-order chi connectivity index (χ0) is 12.1. The molecular formula is C15H15BrO. The smallest absolute Gasteiger partial charge is 0.119 e. The summed E-state index contributed by atoms with van der Waals surface area (Å²) in [6.07, 6.45) is 0.938. The highest BCUT2D eigenvalue weighted by Crippen LogP contribution is 2.17. The van der Waals surface area contributed by atoms with Crippen LogP contribution in [0.25, 0.3) is 0 Å². The number of ether oxygens (including phenoxy) is 1. The summed E-state index contributed by atoms with van der Waals surface area (Å²) in [7, 11) is 0. The average Bonchev–Trinajstić information content (AvgIpc) is 2.33. The van der Waals surface area contributed by atoms with Crippen molar-refractivity contribution in [2.75, 3.05) is 6.61 Å². The van der Waals surface area contributed by atoms with Gasteiger partial charge in [-0.3, -0.25) is 0 Å². The summed E-state index contributed by atoms with van der Waals surface area (Å²) < 4.78 is 6.81. The molecule has 0 N–H and O–H groups in total. The monoisotopic (exact) mass is 290 g/mol. The molecule has 0 saturated carbocycles. The Morgan fingerprint density at radius 2 is 1.82 bits per heavy atom. The Bertz CT molecular complexity index is 480. The van der Waals surface area contributed by atoms with E-state index < -0.39 is 0 Å². The van der Waals surface area contributed by atoms with Gasteiger partial charge in [-0.1, -0.05) is 40.2 Å². The highest BCUT2D eigenvalue weighted by atomic mass is 79.9. The van der Waals surface area contributed by atoms with E-state index in [1.165, 1.54) is 11.1 Å². The van der Waals surface area contributed by atoms with Crippen LogP contribution < -0.4 is 4.74 Å². The van der Waals surface area contributed by atoms with Crippen molar-refractivity contribution in [2.24, 2.45) is 0 Å². The van der Waals surface area contributed by atoms with Gasteiger partial charge in [0.05, 0.1) is 6.61 Å². The van der Waals surface area contributed by atoms with Gasteiger partial charge >= 0.3 is 0 Å². The lowest BCUT2D eigenvalue weighted by Crippen LogP contribution is -2.02. The first-order chi connectivity index (χ1) is 8.25. The Labute approximate surface area is 111 Å². The fraction of sp³-hybridized carbons (Fsp3) is 0.200. The Kier molecular flexibility index (Phi) is 4.21. The molecule has 1 nitrogen and oxygen atoms in total. The van der Waals surface area contributed by atoms with Crippen molar-refractivity contribution >= 4 is 15.9 Å². The van der Waals surface area contributed by atoms with Gasteiger partial charge in [0.2, 0.25) is 0 Å². The molecule has 2 heteroatoms. The molecule has 0 aliphatic carbocycles. The normalized spacial score (nSPS) is 10.2. The maximum Gasteiger partial charge on any atom is 0.119 e. The maximum absolute atomic E-state index is 5.68. The van der Waals surface area contributed by atoms with Crippen LogP contribution in [0.2, 0.25) is 0 Å². The van der Waals surface area contributed by atoms with Gasteiger partial charge in [-0.15, -0.1) is 0 Å². The molecule has 0 aliphatic rings. The lowest BCUT2D eigenvalue weighted by atomic mass is 10.1. The van der Waals surface area contributed by atoms with Crippen LogP contribution in [-0.4, -0.2) is 6.61 Å². The molecule has 0 amide bonds. The van der Waals surface area contributed by atoms with Crippen LogP contribution in [0.15, 0.2) is 53.0 Å². The molecule has 17 heavy (non-hydrogen) atoms. The van der Waals surface area contributed by atoms with Crippen LogP contribution in [-0.2, 0) is 6.42 Å². The lowest BCUT2D eigenvalue weighted by Gasteiger charge is -2.08. The molecule has 0 aliphatic heterocycles. The summed E-state index contributed by atoms with van der Waals surface area (Å²) in [5, 5.41) is 0. The van der Waals surface area contributed by atoms with E-state index in [9.17, 15) is 0 Å². The molecule has 2 aromatic carbocycles. The van der Waals surface area contributed by atoms with E-state index in [1.54, 1.807) is 0 Å². The van der Waals surface area contributed by atoms with Crippen molar-refractivity contribution in [1.29, 1.82) is 0 Å². The number of para-hydroxylation sites is 1. The summed E-state index contributed by atoms with van der Waals surface area (Å²) in [4.78, 5) is 0. The summed E-state index contributed by atoms with van der Waals surface area (Å²) in [5.41, 5.74) is 2.64. The van der Waals surface area contributed by atoms with Gasteiger partial charge in [-0.25, -0.2) is 0 Å². The zero-order valence-corrected chi connectivity index (χ0v) is 11.4. The van der Waals surface area contributed by atoms with E-state index in [-0.39, 0.29) is 0 Å². The van der Waals surface area contributed by atoms with Crippen molar-refractivity contribution in [1.82, 2.24) is 0 Å². The van der Waals surface area contributed by atoms with Crippen LogP contribution in [0.4, 0.5) is 0 Å². The number of hydrogen-bond acceptors (Lipinski definition) is 1. The highest BCUT2D eigenvalue weighted by Gasteiger charge is 1.99. The van der Waals surface area contributed by atoms with Gasteiger partial charge in [0.1, 0.15) is 5.75 Å². The van der Waals surface area contributed by atoms with Crippen LogP contribution >= 0.6 is 15.9 Å². The van der Waals surface area contributed by atoms with E-state index in [2.05, 4.69) is 41.1 Å². The molecule has 0 unspecified atom stereocenters. The van der Waals surface area contributed by atoms with E-state index in [1.807, 2.05) is 30.3 Å². The fourth-order valence-electron chi connectivity index (χ4n) is 1.74. The van der Waals surface area contributed by atoms with Gasteiger partial charge in [0.15, 0.2) is 0 Å². The van der Waals surface area contributed by atoms with Gasteiger partial charge < -0.3 is 4.74 Å². The number of halogens is 1. The number of benzene rings is 2. The van der Waals surface area contributed by atoms with Crippen molar-refractivity contribution in [3.05, 3.63) is 64.1 Å². The van der Waals surface area contributed by atoms with Gasteiger partial charge in [0.25, 0.3) is 0 Å². The number of aryl methyl sites for hydroxylation is 1. The SMILES string of the molecule is Cc1cc(Br)ccc1CCOc1ccccc1. The van der Waals surface area contributed by atoms with E-state index >= 15 is 0 Å². The molecule has 0 radical (unpaired) electrons. The van der Waals surface area contributed by atoms with Crippen LogP contribution in [0.3, 0.4) is 0 Å². The van der Waals surface area contributed by atoms with Gasteiger partial charge in [-0.05, 0) is 42.3 Å². The third-order valence-electron chi connectivity index (χ3n) is 2.69. The van der Waals surface area contributed by atoms with Crippen LogP contribution in [0.5, 0.6) is 5.75 Å². The maximum atomic E-state index is 5.68. The van der Waals surface area contributed by atoms with Gasteiger partial charge in [0, 0.05) is 10.9 Å². The second kappa shape index (κ2) is 5.87. The Morgan fingerprint density at radius 1 is 1.06 bits per heavy atom. The largest absolute Gasteiger partial charge is 0.493 e. The molecular weight excluding hydrogens is 276 g/mol. The molecule has 0 fully saturated rings. The molecule has 0 spiro atoms. The lowest BCUT2D eigenvalue weighted by molar-refractivity contribution is 0.321. The minimum Gasteiger partial charge on any atom is -0.493 e. The predicted octanol–water partition coefficient (Wildman–Crippen LogP) is 4.38. The minimum atomic E-state index is 0.715. The molecule has 0 bridgehead atoms. The quantitative estimate of drug-likeness (QED) is 0.812. The molecule has 0 heterocycles. The van der Waals surface area contributed by atoms with Crippen molar-refractivity contribution in [2.45, 2.75) is 13.3 Å². The van der Waals surface area contributed by atoms with Crippen molar-refractivity contribution < 1.29 is 4.74 Å². The topological polar surface area (TPSA) is 9.23 Å².